The molecule has 1 aromatic heterocycles. The molecule has 1 aliphatic carbocycles. The van der Waals surface area contributed by atoms with Crippen LogP contribution in [0.1, 0.15) is 42.1 Å². The third kappa shape index (κ3) is 4.74. The number of aromatic nitrogens is 1. The zero-order valence-electron chi connectivity index (χ0n) is 18.9. The lowest BCUT2D eigenvalue weighted by molar-refractivity contribution is 0.0968. The quantitative estimate of drug-likeness (QED) is 0.319. The highest BCUT2D eigenvalue weighted by molar-refractivity contribution is 6.32. The molecule has 168 valence electrons. The number of phenols is 1. The van der Waals surface area contributed by atoms with Crippen LogP contribution in [0.25, 0.3) is 22.0 Å². The number of rotatable bonds is 9. The number of benzene rings is 2. The molecular weight excluding hydrogens is 422 g/mol. The van der Waals surface area contributed by atoms with E-state index in [0.717, 1.165) is 65.6 Å². The Morgan fingerprint density at radius 1 is 1.22 bits per heavy atom. The molecule has 2 N–H and O–H groups in total. The van der Waals surface area contributed by atoms with Crippen molar-refractivity contribution in [2.45, 2.75) is 32.6 Å². The third-order valence-electron chi connectivity index (χ3n) is 6.02. The standard InChI is InChI=1S/C26H30ClN3O2/c1-4-16-12-19(14-22(27)26(16)32)18-8-9-23-20(13-18)24(28-10-5-11-30(2)3)21(15-29-23)25(31)17-6-7-17/h8-9,12-15,17,32H,4-7,10-11H2,1-3H3,(H,28,29). The van der Waals surface area contributed by atoms with Crippen molar-refractivity contribution in [3.63, 3.8) is 0 Å². The highest BCUT2D eigenvalue weighted by atomic mass is 35.5. The van der Waals surface area contributed by atoms with Gasteiger partial charge in [0.15, 0.2) is 5.78 Å². The number of anilines is 1. The first-order valence-corrected chi connectivity index (χ1v) is 11.6. The van der Waals surface area contributed by atoms with Gasteiger partial charge in [-0.2, -0.15) is 0 Å². The van der Waals surface area contributed by atoms with Gasteiger partial charge in [-0.25, -0.2) is 0 Å². The Bertz CT molecular complexity index is 1160. The minimum absolute atomic E-state index is 0.128. The molecule has 0 saturated heterocycles. The van der Waals surface area contributed by atoms with Crippen LogP contribution < -0.4 is 5.32 Å². The summed E-state index contributed by atoms with van der Waals surface area (Å²) in [6, 6.07) is 9.82. The number of nitrogens with one attached hydrogen (secondary N) is 1. The number of hydrogen-bond acceptors (Lipinski definition) is 5. The lowest BCUT2D eigenvalue weighted by Gasteiger charge is -2.16. The molecule has 0 atom stereocenters. The summed E-state index contributed by atoms with van der Waals surface area (Å²) < 4.78 is 0. The molecule has 5 nitrogen and oxygen atoms in total. The van der Waals surface area contributed by atoms with Crippen LogP contribution in [0.5, 0.6) is 5.75 Å². The summed E-state index contributed by atoms with van der Waals surface area (Å²) in [5, 5.41) is 15.0. The van der Waals surface area contributed by atoms with Crippen molar-refractivity contribution < 1.29 is 9.90 Å². The molecular formula is C26H30ClN3O2. The molecule has 2 aromatic carbocycles. The van der Waals surface area contributed by atoms with Crippen molar-refractivity contribution in [1.82, 2.24) is 9.88 Å². The lowest BCUT2D eigenvalue weighted by Crippen LogP contribution is -2.17. The average molecular weight is 452 g/mol. The number of carbonyl (C=O) groups is 1. The molecule has 1 saturated carbocycles. The van der Waals surface area contributed by atoms with Crippen molar-refractivity contribution in [2.24, 2.45) is 5.92 Å². The van der Waals surface area contributed by atoms with Crippen molar-refractivity contribution in [3.05, 3.63) is 52.7 Å². The lowest BCUT2D eigenvalue weighted by atomic mass is 9.97. The Morgan fingerprint density at radius 2 is 2.00 bits per heavy atom. The van der Waals surface area contributed by atoms with Gasteiger partial charge in [-0.3, -0.25) is 9.78 Å². The molecule has 0 radical (unpaired) electrons. The summed E-state index contributed by atoms with van der Waals surface area (Å²) in [5.41, 5.74) is 5.11. The summed E-state index contributed by atoms with van der Waals surface area (Å²) in [6.07, 6.45) is 5.31. The number of halogens is 1. The maximum atomic E-state index is 13.0. The molecule has 0 aliphatic heterocycles. The number of Topliss-reactive ketones (excluding diaryl/α,β-unsaturated/α-hetero) is 1. The van der Waals surface area contributed by atoms with Gasteiger partial charge in [0.1, 0.15) is 5.75 Å². The van der Waals surface area contributed by atoms with E-state index in [-0.39, 0.29) is 17.5 Å². The van der Waals surface area contributed by atoms with Crippen molar-refractivity contribution in [1.29, 1.82) is 0 Å². The molecule has 6 heteroatoms. The van der Waals surface area contributed by atoms with E-state index in [1.807, 2.05) is 25.1 Å². The fourth-order valence-corrected chi connectivity index (χ4v) is 4.25. The Hall–Kier alpha value is -2.63. The Balaban J connectivity index is 1.78. The molecule has 0 amide bonds. The molecule has 32 heavy (non-hydrogen) atoms. The summed E-state index contributed by atoms with van der Waals surface area (Å²) in [5.74, 6) is 0.449. The SMILES string of the molecule is CCc1cc(-c2ccc3ncc(C(=O)C4CC4)c(NCCCN(C)C)c3c2)cc(Cl)c1O. The molecule has 1 fully saturated rings. The van der Waals surface area contributed by atoms with Crippen LogP contribution in [0, 0.1) is 5.92 Å². The fraction of sp³-hybridized carbons (Fsp3) is 0.385. The van der Waals surface area contributed by atoms with Gasteiger partial charge in [0.2, 0.25) is 0 Å². The highest BCUT2D eigenvalue weighted by Gasteiger charge is 2.32. The minimum Gasteiger partial charge on any atom is -0.506 e. The van der Waals surface area contributed by atoms with Crippen molar-refractivity contribution >= 4 is 34.0 Å². The minimum atomic E-state index is 0.128. The second kappa shape index (κ2) is 9.47. The zero-order valence-corrected chi connectivity index (χ0v) is 19.7. The first-order chi connectivity index (χ1) is 15.4. The van der Waals surface area contributed by atoms with Crippen LogP contribution in [-0.2, 0) is 6.42 Å². The summed E-state index contributed by atoms with van der Waals surface area (Å²) in [6.45, 7) is 3.74. The Kier molecular flexibility index (Phi) is 6.68. The van der Waals surface area contributed by atoms with Gasteiger partial charge in [-0.1, -0.05) is 24.6 Å². The monoisotopic (exact) mass is 451 g/mol. The van der Waals surface area contributed by atoms with Crippen LogP contribution in [-0.4, -0.2) is 48.0 Å². The second-order valence-corrected chi connectivity index (χ2v) is 9.23. The normalized spacial score (nSPS) is 13.7. The largest absolute Gasteiger partial charge is 0.506 e. The molecule has 3 aromatic rings. The average Bonchev–Trinajstić information content (AvgIpc) is 3.63. The molecule has 0 spiro atoms. The van der Waals surface area contributed by atoms with E-state index in [1.165, 1.54) is 0 Å². The highest BCUT2D eigenvalue weighted by Crippen LogP contribution is 2.39. The van der Waals surface area contributed by atoms with Gasteiger partial charge in [0.25, 0.3) is 0 Å². The Labute approximate surface area is 194 Å². The van der Waals surface area contributed by atoms with Crippen LogP contribution in [0.2, 0.25) is 5.02 Å². The molecule has 0 bridgehead atoms. The van der Waals surface area contributed by atoms with Gasteiger partial charge < -0.3 is 15.3 Å². The molecule has 4 rings (SSSR count). The molecule has 0 unspecified atom stereocenters. The van der Waals surface area contributed by atoms with E-state index in [9.17, 15) is 9.90 Å². The van der Waals surface area contributed by atoms with E-state index in [0.29, 0.717) is 17.0 Å². The van der Waals surface area contributed by atoms with Gasteiger partial charge in [-0.15, -0.1) is 0 Å². The van der Waals surface area contributed by atoms with Crippen molar-refractivity contribution in [3.8, 4) is 16.9 Å². The van der Waals surface area contributed by atoms with E-state index < -0.39 is 0 Å². The van der Waals surface area contributed by atoms with Gasteiger partial charge >= 0.3 is 0 Å². The maximum Gasteiger partial charge on any atom is 0.169 e. The van der Waals surface area contributed by atoms with E-state index in [4.69, 9.17) is 11.6 Å². The number of aromatic hydroxyl groups is 1. The van der Waals surface area contributed by atoms with Crippen LogP contribution in [0.4, 0.5) is 5.69 Å². The van der Waals surface area contributed by atoms with Crippen LogP contribution >= 0.6 is 11.6 Å². The Morgan fingerprint density at radius 3 is 2.69 bits per heavy atom. The number of phenolic OH excluding ortho intramolecular Hbond substituents is 1. The maximum absolute atomic E-state index is 13.0. The van der Waals surface area contributed by atoms with E-state index in [2.05, 4.69) is 35.4 Å². The number of ketones is 1. The first-order valence-electron chi connectivity index (χ1n) is 11.3. The second-order valence-electron chi connectivity index (χ2n) is 8.82. The molecule has 1 heterocycles. The predicted molar refractivity (Wildman–Crippen MR) is 132 cm³/mol. The number of pyridine rings is 1. The number of hydrogen-bond donors (Lipinski definition) is 2. The number of nitrogens with zero attached hydrogens (tertiary/aromatic N) is 2. The smallest absolute Gasteiger partial charge is 0.169 e. The van der Waals surface area contributed by atoms with Gasteiger partial charge in [0.05, 0.1) is 21.8 Å². The summed E-state index contributed by atoms with van der Waals surface area (Å²) in [7, 11) is 4.12. The number of fused-ring (bicyclic) bond motifs is 1. The summed E-state index contributed by atoms with van der Waals surface area (Å²) >= 11 is 6.29. The zero-order chi connectivity index (χ0) is 22.8. The topological polar surface area (TPSA) is 65.5 Å². The van der Waals surface area contributed by atoms with Crippen molar-refractivity contribution in [2.75, 3.05) is 32.5 Å². The number of aryl methyl sites for hydroxylation is 1. The van der Waals surface area contributed by atoms with E-state index >= 15 is 0 Å². The van der Waals surface area contributed by atoms with Gasteiger partial charge in [0, 0.05) is 24.0 Å². The fourth-order valence-electron chi connectivity index (χ4n) is 4.02. The van der Waals surface area contributed by atoms with Crippen LogP contribution in [0.15, 0.2) is 36.5 Å². The third-order valence-corrected chi connectivity index (χ3v) is 6.31. The summed E-state index contributed by atoms with van der Waals surface area (Å²) in [4.78, 5) is 19.7. The first kappa shape index (κ1) is 22.6. The molecule has 1 aliphatic rings. The van der Waals surface area contributed by atoms with Gasteiger partial charge in [-0.05, 0) is 87.3 Å². The van der Waals surface area contributed by atoms with E-state index in [1.54, 1.807) is 12.3 Å². The number of carbonyl (C=O) groups excluding carboxylic acids is 1. The van der Waals surface area contributed by atoms with Crippen LogP contribution in [0.3, 0.4) is 0 Å². The predicted octanol–water partition coefficient (Wildman–Crippen LogP) is 5.78.